The Labute approximate surface area is 310 Å². The van der Waals surface area contributed by atoms with Crippen LogP contribution in [0.1, 0.15) is 84.0 Å². The topological polar surface area (TPSA) is 132 Å². The normalized spacial score (nSPS) is 15.7. The number of esters is 5. The van der Waals surface area contributed by atoms with Crippen molar-refractivity contribution in [3.05, 3.63) is 96.6 Å². The lowest BCUT2D eigenvalue weighted by Crippen LogP contribution is -2.27. The van der Waals surface area contributed by atoms with Crippen LogP contribution in [0.3, 0.4) is 0 Å². The lowest BCUT2D eigenvalue weighted by molar-refractivity contribution is -0.133. The Bertz CT molecular complexity index is 1940. The van der Waals surface area contributed by atoms with Crippen LogP contribution < -0.4 is 18.9 Å². The van der Waals surface area contributed by atoms with Gasteiger partial charge in [0.05, 0.1) is 0 Å². The first kappa shape index (κ1) is 40.0. The first-order valence-electron chi connectivity index (χ1n) is 17.5. The van der Waals surface area contributed by atoms with Crippen molar-refractivity contribution in [1.82, 2.24) is 0 Å². The summed E-state index contributed by atoms with van der Waals surface area (Å²) in [5, 5.41) is 0. The minimum atomic E-state index is -0.825. The highest BCUT2D eigenvalue weighted by Crippen LogP contribution is 2.42. The van der Waals surface area contributed by atoms with Crippen LogP contribution in [0.4, 0.5) is 0 Å². The van der Waals surface area contributed by atoms with Crippen molar-refractivity contribution < 1.29 is 47.7 Å². The Morgan fingerprint density at radius 3 is 1.70 bits per heavy atom. The van der Waals surface area contributed by atoms with Gasteiger partial charge in [-0.1, -0.05) is 70.3 Å². The molecule has 0 spiro atoms. The van der Waals surface area contributed by atoms with Crippen molar-refractivity contribution >= 4 is 29.8 Å². The van der Waals surface area contributed by atoms with E-state index in [1.165, 1.54) is 39.8 Å². The van der Waals surface area contributed by atoms with E-state index in [0.717, 1.165) is 19.3 Å². The fourth-order valence-electron chi connectivity index (χ4n) is 5.91. The SMILES string of the molecule is C=C(C)C(=O)Oc1cc(-c2ccc(-c3ccc(OC(=O)C(=C)C)c(OC(=O)C(=C)C)c3C(=O)OC3CCC(C(C)CC)CC3)cc2)ccc1OC(C)=O. The molecule has 0 saturated heterocycles. The number of hydrogen-bond acceptors (Lipinski definition) is 10. The molecule has 0 amide bonds. The van der Waals surface area contributed by atoms with E-state index in [9.17, 15) is 24.0 Å². The fourth-order valence-corrected chi connectivity index (χ4v) is 5.91. The van der Waals surface area contributed by atoms with E-state index in [-0.39, 0.29) is 51.4 Å². The zero-order valence-corrected chi connectivity index (χ0v) is 31.2. The van der Waals surface area contributed by atoms with Crippen LogP contribution in [0.25, 0.3) is 22.3 Å². The zero-order valence-electron chi connectivity index (χ0n) is 31.2. The summed E-state index contributed by atoms with van der Waals surface area (Å²) in [4.78, 5) is 63.9. The molecule has 1 unspecified atom stereocenters. The Balaban J connectivity index is 1.79. The van der Waals surface area contributed by atoms with E-state index in [4.69, 9.17) is 23.7 Å². The Kier molecular flexibility index (Phi) is 13.3. The van der Waals surface area contributed by atoms with Crippen molar-refractivity contribution in [2.75, 3.05) is 0 Å². The van der Waals surface area contributed by atoms with Gasteiger partial charge in [0.25, 0.3) is 0 Å². The molecule has 3 aromatic rings. The smallest absolute Gasteiger partial charge is 0.343 e. The van der Waals surface area contributed by atoms with Gasteiger partial charge in [-0.3, -0.25) is 4.79 Å². The lowest BCUT2D eigenvalue weighted by atomic mass is 9.79. The summed E-state index contributed by atoms with van der Waals surface area (Å²) < 4.78 is 28.0. The molecule has 53 heavy (non-hydrogen) atoms. The van der Waals surface area contributed by atoms with Crippen LogP contribution >= 0.6 is 0 Å². The second kappa shape index (κ2) is 17.6. The molecule has 4 rings (SSSR count). The second-order valence-electron chi connectivity index (χ2n) is 13.5. The summed E-state index contributed by atoms with van der Waals surface area (Å²) in [6.07, 6.45) is 3.95. The molecule has 10 heteroatoms. The monoisotopic (exact) mass is 722 g/mol. The quantitative estimate of drug-likeness (QED) is 0.0956. The van der Waals surface area contributed by atoms with Crippen LogP contribution in [-0.2, 0) is 23.9 Å². The van der Waals surface area contributed by atoms with Crippen molar-refractivity contribution in [2.45, 2.75) is 79.8 Å². The maximum atomic E-state index is 14.2. The Hall–Kier alpha value is -5.77. The number of carbonyl (C=O) groups is 5. The summed E-state index contributed by atoms with van der Waals surface area (Å²) in [6.45, 7) is 21.0. The van der Waals surface area contributed by atoms with Gasteiger partial charge in [0.1, 0.15) is 11.7 Å². The maximum absolute atomic E-state index is 14.2. The van der Waals surface area contributed by atoms with E-state index in [1.54, 1.807) is 42.5 Å². The number of hydrogen-bond donors (Lipinski definition) is 0. The fraction of sp³-hybridized carbons (Fsp3) is 0.326. The molecule has 0 heterocycles. The van der Waals surface area contributed by atoms with Gasteiger partial charge in [-0.05, 0) is 99.2 Å². The third kappa shape index (κ3) is 10.2. The number of rotatable bonds is 13. The minimum absolute atomic E-state index is 0.0295. The average molecular weight is 723 g/mol. The number of ether oxygens (including phenoxy) is 5. The van der Waals surface area contributed by atoms with Crippen molar-refractivity contribution in [3.8, 4) is 45.3 Å². The molecule has 1 atom stereocenters. The molecular formula is C43H46O10. The molecule has 1 saturated carbocycles. The molecule has 10 nitrogen and oxygen atoms in total. The minimum Gasteiger partial charge on any atom is -0.459 e. The first-order chi connectivity index (χ1) is 25.1. The van der Waals surface area contributed by atoms with Crippen LogP contribution in [0.2, 0.25) is 0 Å². The summed E-state index contributed by atoms with van der Waals surface area (Å²) in [5.74, 6) is -2.84. The van der Waals surface area contributed by atoms with Gasteiger partial charge in [0.15, 0.2) is 23.0 Å². The summed E-state index contributed by atoms with van der Waals surface area (Å²) in [5.41, 5.74) is 2.46. The highest BCUT2D eigenvalue weighted by Gasteiger charge is 2.32. The predicted octanol–water partition coefficient (Wildman–Crippen LogP) is 9.15. The standard InChI is InChI=1S/C43H46O10/c1-10-27(8)29-15-18-33(19-16-29)50-43(48)38-34(20-22-36(51-40(45)24(2)3)39(38)53-42(47)26(6)7)31-13-11-30(12-14-31)32-17-21-35(49-28(9)44)37(23-32)52-41(46)25(4)5/h11-14,17,20-23,27,29,33H,2,4,6,10,15-16,18-19H2,1,3,5,7-9H3. The molecule has 0 aliphatic heterocycles. The molecule has 278 valence electrons. The maximum Gasteiger partial charge on any atom is 0.343 e. The molecule has 0 bridgehead atoms. The lowest BCUT2D eigenvalue weighted by Gasteiger charge is -2.31. The highest BCUT2D eigenvalue weighted by atomic mass is 16.6. The molecular weight excluding hydrogens is 676 g/mol. The van der Waals surface area contributed by atoms with E-state index in [2.05, 4.69) is 33.6 Å². The van der Waals surface area contributed by atoms with Crippen molar-refractivity contribution in [3.63, 3.8) is 0 Å². The molecule has 1 aliphatic carbocycles. The highest BCUT2D eigenvalue weighted by molar-refractivity contribution is 6.03. The summed E-state index contributed by atoms with van der Waals surface area (Å²) in [7, 11) is 0. The van der Waals surface area contributed by atoms with Gasteiger partial charge in [-0.25, -0.2) is 19.2 Å². The molecule has 1 aliphatic rings. The van der Waals surface area contributed by atoms with E-state index in [1.807, 2.05) is 0 Å². The van der Waals surface area contributed by atoms with Crippen LogP contribution in [0.5, 0.6) is 23.0 Å². The number of benzene rings is 3. The van der Waals surface area contributed by atoms with Gasteiger partial charge in [0, 0.05) is 29.2 Å². The van der Waals surface area contributed by atoms with E-state index >= 15 is 0 Å². The molecule has 0 radical (unpaired) electrons. The summed E-state index contributed by atoms with van der Waals surface area (Å²) in [6, 6.07) is 14.9. The third-order valence-electron chi connectivity index (χ3n) is 9.14. The van der Waals surface area contributed by atoms with Gasteiger partial charge in [-0.15, -0.1) is 0 Å². The summed E-state index contributed by atoms with van der Waals surface area (Å²) >= 11 is 0. The second-order valence-corrected chi connectivity index (χ2v) is 13.5. The van der Waals surface area contributed by atoms with Gasteiger partial charge in [0.2, 0.25) is 0 Å². The van der Waals surface area contributed by atoms with Crippen LogP contribution in [-0.4, -0.2) is 36.0 Å². The Morgan fingerprint density at radius 1 is 0.642 bits per heavy atom. The molecule has 0 aromatic heterocycles. The first-order valence-corrected chi connectivity index (χ1v) is 17.5. The van der Waals surface area contributed by atoms with Crippen molar-refractivity contribution in [2.24, 2.45) is 11.8 Å². The largest absolute Gasteiger partial charge is 0.459 e. The van der Waals surface area contributed by atoms with Crippen LogP contribution in [0.15, 0.2) is 91.1 Å². The average Bonchev–Trinajstić information content (AvgIpc) is 3.12. The van der Waals surface area contributed by atoms with Gasteiger partial charge >= 0.3 is 29.8 Å². The van der Waals surface area contributed by atoms with Crippen LogP contribution in [0, 0.1) is 11.8 Å². The van der Waals surface area contributed by atoms with Gasteiger partial charge < -0.3 is 23.7 Å². The molecule has 0 N–H and O–H groups in total. The van der Waals surface area contributed by atoms with Gasteiger partial charge in [-0.2, -0.15) is 0 Å². The number of carbonyl (C=O) groups excluding carboxylic acids is 5. The molecule has 1 fully saturated rings. The van der Waals surface area contributed by atoms with Crippen molar-refractivity contribution in [1.29, 1.82) is 0 Å². The van der Waals surface area contributed by atoms with E-state index < -0.39 is 29.8 Å². The third-order valence-corrected chi connectivity index (χ3v) is 9.14. The Morgan fingerprint density at radius 2 is 1.15 bits per heavy atom. The predicted molar refractivity (Wildman–Crippen MR) is 201 cm³/mol. The van der Waals surface area contributed by atoms with E-state index in [0.29, 0.717) is 46.9 Å². The zero-order chi connectivity index (χ0) is 39.0. The molecule has 3 aromatic carbocycles.